The van der Waals surface area contributed by atoms with Gasteiger partial charge in [-0.15, -0.1) is 0 Å². The molecule has 2 atom stereocenters. The lowest BCUT2D eigenvalue weighted by molar-refractivity contribution is -0.160. The third kappa shape index (κ3) is 3.42. The highest BCUT2D eigenvalue weighted by molar-refractivity contribution is 5.75. The molecular weight excluding hydrogens is 341 g/mol. The Labute approximate surface area is 140 Å². The first-order valence-electron chi connectivity index (χ1n) is 7.95. The molecule has 25 heavy (non-hydrogen) atoms. The molecule has 2 amide bonds. The molecule has 0 bridgehead atoms. The first-order chi connectivity index (χ1) is 11.5. The second-order valence-corrected chi connectivity index (χ2v) is 7.30. The number of nitrogens with zero attached hydrogens (tertiary/aromatic N) is 1. The first-order valence-corrected chi connectivity index (χ1v) is 7.95. The van der Waals surface area contributed by atoms with Gasteiger partial charge in [-0.25, -0.2) is 9.59 Å². The van der Waals surface area contributed by atoms with Gasteiger partial charge in [0.25, 0.3) is 5.56 Å². The van der Waals surface area contributed by atoms with Gasteiger partial charge in [0.1, 0.15) is 6.04 Å². The van der Waals surface area contributed by atoms with Crippen LogP contribution in [0, 0.1) is 11.3 Å². The van der Waals surface area contributed by atoms with Crippen LogP contribution < -0.4 is 16.6 Å². The predicted molar refractivity (Wildman–Crippen MR) is 82.1 cm³/mol. The Morgan fingerprint density at radius 1 is 1.32 bits per heavy atom. The van der Waals surface area contributed by atoms with E-state index in [1.165, 1.54) is 4.90 Å². The fraction of sp³-hybridized carbons (Fsp3) is 0.667. The zero-order valence-electron chi connectivity index (χ0n) is 13.8. The van der Waals surface area contributed by atoms with Gasteiger partial charge in [-0.05, 0) is 24.2 Å². The molecule has 3 rings (SSSR count). The quantitative estimate of drug-likeness (QED) is 0.737. The zero-order chi connectivity index (χ0) is 18.6. The lowest BCUT2D eigenvalue weighted by atomic mass is 10.0. The Kier molecular flexibility index (Phi) is 3.96. The highest BCUT2D eigenvalue weighted by atomic mass is 19.4. The number of hydrogen-bond donors (Lipinski definition) is 3. The average molecular weight is 360 g/mol. The number of halogens is 3. The average Bonchev–Trinajstić information content (AvgIpc) is 3.10. The molecule has 1 aliphatic carbocycles. The molecule has 0 radical (unpaired) electrons. The summed E-state index contributed by atoms with van der Waals surface area (Å²) < 4.78 is 39.9. The number of fused-ring (bicyclic) bond motifs is 1. The number of carbonyl (C=O) groups is 1. The maximum Gasteiger partial charge on any atom is 0.408 e. The number of carbonyl (C=O) groups excluding carboxylic acids is 1. The Morgan fingerprint density at radius 3 is 2.52 bits per heavy atom. The lowest BCUT2D eigenvalue weighted by Crippen LogP contribution is -2.53. The highest BCUT2D eigenvalue weighted by Gasteiger charge is 2.59. The normalized spacial score (nSPS) is 22.9. The van der Waals surface area contributed by atoms with Crippen LogP contribution in [0.25, 0.3) is 0 Å². The van der Waals surface area contributed by atoms with Gasteiger partial charge in [-0.1, -0.05) is 13.8 Å². The summed E-state index contributed by atoms with van der Waals surface area (Å²) in [7, 11) is 0. The van der Waals surface area contributed by atoms with Crippen molar-refractivity contribution < 1.29 is 18.0 Å². The topological polar surface area (TPSA) is 98.1 Å². The summed E-state index contributed by atoms with van der Waals surface area (Å²) >= 11 is 0. The van der Waals surface area contributed by atoms with E-state index in [0.717, 1.165) is 0 Å². The molecule has 3 N–H and O–H groups in total. The van der Waals surface area contributed by atoms with Crippen molar-refractivity contribution in [3.05, 3.63) is 32.1 Å². The van der Waals surface area contributed by atoms with Crippen molar-refractivity contribution in [2.45, 2.75) is 45.5 Å². The van der Waals surface area contributed by atoms with Crippen LogP contribution in [0.2, 0.25) is 0 Å². The number of urea groups is 1. The summed E-state index contributed by atoms with van der Waals surface area (Å²) in [4.78, 5) is 41.0. The molecule has 7 nitrogen and oxygen atoms in total. The van der Waals surface area contributed by atoms with Gasteiger partial charge >= 0.3 is 17.9 Å². The minimum absolute atomic E-state index is 0.104. The smallest absolute Gasteiger partial charge is 0.326 e. The Morgan fingerprint density at radius 2 is 1.96 bits per heavy atom. The third-order valence-corrected chi connectivity index (χ3v) is 5.02. The molecule has 1 fully saturated rings. The van der Waals surface area contributed by atoms with E-state index in [2.05, 4.69) is 15.3 Å². The molecule has 0 saturated heterocycles. The SMILES string of the molecule is CC1(C)CC1C(NC(=O)N1CCc2c([nH]c(=O)[nH]c2=O)C1)C(F)(F)F. The van der Waals surface area contributed by atoms with Gasteiger partial charge in [0, 0.05) is 17.8 Å². The number of rotatable bonds is 2. The van der Waals surface area contributed by atoms with Crippen LogP contribution in [0.4, 0.5) is 18.0 Å². The molecule has 0 aromatic carbocycles. The molecule has 1 aromatic heterocycles. The number of aromatic amines is 2. The van der Waals surface area contributed by atoms with Crippen LogP contribution in [0.15, 0.2) is 9.59 Å². The largest absolute Gasteiger partial charge is 0.408 e. The zero-order valence-corrected chi connectivity index (χ0v) is 13.8. The van der Waals surface area contributed by atoms with Crippen LogP contribution in [0.5, 0.6) is 0 Å². The number of alkyl halides is 3. The van der Waals surface area contributed by atoms with E-state index in [-0.39, 0.29) is 25.2 Å². The van der Waals surface area contributed by atoms with Crippen molar-refractivity contribution >= 4 is 6.03 Å². The monoisotopic (exact) mass is 360 g/mol. The summed E-state index contributed by atoms with van der Waals surface area (Å²) in [6.07, 6.45) is -3.98. The van der Waals surface area contributed by atoms with E-state index in [0.29, 0.717) is 12.0 Å². The number of amides is 2. The maximum absolute atomic E-state index is 13.3. The summed E-state index contributed by atoms with van der Waals surface area (Å²) in [5, 5.41) is 2.09. The molecule has 1 aliphatic heterocycles. The molecule has 1 saturated carbocycles. The minimum Gasteiger partial charge on any atom is -0.326 e. The van der Waals surface area contributed by atoms with Crippen LogP contribution >= 0.6 is 0 Å². The Bertz CT molecular complexity index is 811. The number of hydrogen-bond acceptors (Lipinski definition) is 3. The number of nitrogens with one attached hydrogen (secondary N) is 3. The molecule has 2 unspecified atom stereocenters. The van der Waals surface area contributed by atoms with Crippen molar-refractivity contribution in [3.8, 4) is 0 Å². The molecule has 1 aromatic rings. The molecule has 0 spiro atoms. The van der Waals surface area contributed by atoms with E-state index in [1.807, 2.05) is 0 Å². The second kappa shape index (κ2) is 5.63. The van der Waals surface area contributed by atoms with Crippen molar-refractivity contribution in [2.24, 2.45) is 11.3 Å². The summed E-state index contributed by atoms with van der Waals surface area (Å²) in [5.41, 5.74) is -1.10. The van der Waals surface area contributed by atoms with Crippen LogP contribution in [0.3, 0.4) is 0 Å². The molecule has 10 heteroatoms. The van der Waals surface area contributed by atoms with Crippen LogP contribution in [-0.2, 0) is 13.0 Å². The molecule has 2 aliphatic rings. The van der Waals surface area contributed by atoms with E-state index >= 15 is 0 Å². The van der Waals surface area contributed by atoms with Gasteiger partial charge < -0.3 is 15.2 Å². The molecule has 2 heterocycles. The summed E-state index contributed by atoms with van der Waals surface area (Å²) in [5.74, 6) is -0.656. The minimum atomic E-state index is -4.53. The molecular formula is C15H19F3N4O3. The van der Waals surface area contributed by atoms with Gasteiger partial charge in [0.15, 0.2) is 0 Å². The number of aromatic nitrogens is 2. The van der Waals surface area contributed by atoms with E-state index < -0.39 is 40.8 Å². The van der Waals surface area contributed by atoms with Crippen molar-refractivity contribution in [3.63, 3.8) is 0 Å². The summed E-state index contributed by atoms with van der Waals surface area (Å²) in [6, 6.07) is -2.76. The highest BCUT2D eigenvalue weighted by Crippen LogP contribution is 2.56. The lowest BCUT2D eigenvalue weighted by Gasteiger charge is -2.31. The fourth-order valence-electron chi connectivity index (χ4n) is 3.36. The number of H-pyrrole nitrogens is 2. The predicted octanol–water partition coefficient (Wildman–Crippen LogP) is 1.11. The van der Waals surface area contributed by atoms with Crippen molar-refractivity contribution in [2.75, 3.05) is 6.54 Å². The van der Waals surface area contributed by atoms with E-state index in [4.69, 9.17) is 0 Å². The molecule has 138 valence electrons. The van der Waals surface area contributed by atoms with Gasteiger partial charge in [0.2, 0.25) is 0 Å². The Balaban J connectivity index is 1.75. The van der Waals surface area contributed by atoms with E-state index in [1.54, 1.807) is 13.8 Å². The van der Waals surface area contributed by atoms with Crippen LogP contribution in [-0.4, -0.2) is 39.7 Å². The van der Waals surface area contributed by atoms with E-state index in [9.17, 15) is 27.6 Å². The maximum atomic E-state index is 13.3. The van der Waals surface area contributed by atoms with Gasteiger partial charge in [-0.3, -0.25) is 9.78 Å². The van der Waals surface area contributed by atoms with Gasteiger partial charge in [-0.2, -0.15) is 13.2 Å². The second-order valence-electron chi connectivity index (χ2n) is 7.30. The van der Waals surface area contributed by atoms with Crippen molar-refractivity contribution in [1.82, 2.24) is 20.2 Å². The first kappa shape index (κ1) is 17.6. The fourth-order valence-corrected chi connectivity index (χ4v) is 3.36. The Hall–Kier alpha value is -2.26. The summed E-state index contributed by atoms with van der Waals surface area (Å²) in [6.45, 7) is 3.46. The van der Waals surface area contributed by atoms with Crippen molar-refractivity contribution in [1.29, 1.82) is 0 Å². The van der Waals surface area contributed by atoms with Gasteiger partial charge in [0.05, 0.1) is 6.54 Å². The van der Waals surface area contributed by atoms with Crippen LogP contribution in [0.1, 0.15) is 31.5 Å². The standard InChI is InChI=1S/C15H19F3N4O3/c1-14(2)5-8(14)10(15(16,17)18)20-13(25)22-4-3-7-9(6-22)19-12(24)21-11(7)23/h8,10H,3-6H2,1-2H3,(H,20,25)(H2,19,21,23,24). The third-order valence-electron chi connectivity index (χ3n) is 5.02.